The first-order chi connectivity index (χ1) is 15.0. The average Bonchev–Trinajstić information content (AvgIpc) is 3.23. The lowest BCUT2D eigenvalue weighted by molar-refractivity contribution is -0.133. The number of urea groups is 1. The highest BCUT2D eigenvalue weighted by molar-refractivity contribution is 6.03. The van der Waals surface area contributed by atoms with E-state index in [0.717, 1.165) is 11.1 Å². The average molecular weight is 426 g/mol. The third-order valence-corrected chi connectivity index (χ3v) is 5.03. The Labute approximate surface area is 181 Å². The molecule has 0 aromatic heterocycles. The first-order valence-corrected chi connectivity index (χ1v) is 10.3. The van der Waals surface area contributed by atoms with Gasteiger partial charge in [0.25, 0.3) is 5.91 Å². The zero-order valence-corrected chi connectivity index (χ0v) is 17.8. The quantitative estimate of drug-likeness (QED) is 0.705. The number of hydrazone groups is 1. The Balaban J connectivity index is 1.86. The maximum atomic E-state index is 13.3. The number of ether oxygens (including phenoxy) is 1. The van der Waals surface area contributed by atoms with E-state index in [1.165, 1.54) is 22.0 Å². The van der Waals surface area contributed by atoms with Gasteiger partial charge in [-0.25, -0.2) is 14.2 Å². The van der Waals surface area contributed by atoms with Crippen LogP contribution in [-0.2, 0) is 9.53 Å². The van der Waals surface area contributed by atoms with Gasteiger partial charge in [0.05, 0.1) is 18.4 Å². The van der Waals surface area contributed by atoms with E-state index in [9.17, 15) is 14.0 Å². The van der Waals surface area contributed by atoms with Gasteiger partial charge in [-0.2, -0.15) is 5.10 Å². The van der Waals surface area contributed by atoms with Gasteiger partial charge in [-0.15, -0.1) is 0 Å². The van der Waals surface area contributed by atoms with Crippen molar-refractivity contribution < 1.29 is 18.7 Å². The van der Waals surface area contributed by atoms with Crippen LogP contribution in [0.25, 0.3) is 0 Å². The van der Waals surface area contributed by atoms with Crippen LogP contribution in [0.4, 0.5) is 9.18 Å². The van der Waals surface area contributed by atoms with Crippen molar-refractivity contribution >= 4 is 17.6 Å². The summed E-state index contributed by atoms with van der Waals surface area (Å²) in [5.74, 6) is -0.626. The molecule has 164 valence electrons. The summed E-state index contributed by atoms with van der Waals surface area (Å²) in [6.07, 6.45) is 0.501. The predicted octanol–water partition coefficient (Wildman–Crippen LogP) is 3.18. The maximum Gasteiger partial charge on any atom is 0.317 e. The number of rotatable bonds is 8. The number of hydrogen-bond acceptors (Lipinski definition) is 4. The lowest BCUT2D eigenvalue weighted by Crippen LogP contribution is -2.47. The lowest BCUT2D eigenvalue weighted by Gasteiger charge is -2.27. The first-order valence-electron chi connectivity index (χ1n) is 10.3. The SMILES string of the molecule is CCNC(=O)N(CCOC)CC(=O)N1N=C(c2ccc(F)cc2)C[C@H]1c1ccccc1. The number of halogens is 1. The summed E-state index contributed by atoms with van der Waals surface area (Å²) in [6, 6.07) is 15.1. The Morgan fingerprint density at radius 1 is 1.19 bits per heavy atom. The number of nitrogens with one attached hydrogen (secondary N) is 1. The van der Waals surface area contributed by atoms with E-state index in [-0.39, 0.29) is 36.9 Å². The molecule has 0 unspecified atom stereocenters. The summed E-state index contributed by atoms with van der Waals surface area (Å²) >= 11 is 0. The van der Waals surface area contributed by atoms with Gasteiger partial charge in [-0.05, 0) is 30.2 Å². The van der Waals surface area contributed by atoms with Crippen LogP contribution in [0.3, 0.4) is 0 Å². The van der Waals surface area contributed by atoms with Crippen molar-refractivity contribution in [3.05, 3.63) is 71.5 Å². The number of amides is 3. The molecule has 1 atom stereocenters. The minimum atomic E-state index is -0.328. The van der Waals surface area contributed by atoms with Crippen molar-refractivity contribution in [1.29, 1.82) is 0 Å². The first kappa shape index (κ1) is 22.4. The smallest absolute Gasteiger partial charge is 0.317 e. The van der Waals surface area contributed by atoms with Crippen LogP contribution in [-0.4, -0.2) is 60.9 Å². The molecule has 0 spiro atoms. The standard InChI is InChI=1S/C23H27FN4O3/c1-3-25-23(30)27(13-14-31-2)16-22(29)28-21(18-7-5-4-6-8-18)15-20(26-28)17-9-11-19(24)12-10-17/h4-12,21H,3,13-16H2,1-2H3,(H,25,30)/t21-/m0/s1. The van der Waals surface area contributed by atoms with Gasteiger partial charge in [-0.3, -0.25) is 4.79 Å². The highest BCUT2D eigenvalue weighted by atomic mass is 19.1. The molecule has 1 N–H and O–H groups in total. The number of carbonyl (C=O) groups is 2. The van der Waals surface area contributed by atoms with Crippen LogP contribution in [0.1, 0.15) is 30.5 Å². The summed E-state index contributed by atoms with van der Waals surface area (Å²) < 4.78 is 18.4. The molecule has 1 aliphatic heterocycles. The molecule has 0 bridgehead atoms. The van der Waals surface area contributed by atoms with Gasteiger partial charge in [0, 0.05) is 26.6 Å². The summed E-state index contributed by atoms with van der Waals surface area (Å²) in [5, 5.41) is 8.73. The second-order valence-corrected chi connectivity index (χ2v) is 7.17. The van der Waals surface area contributed by atoms with Gasteiger partial charge in [0.15, 0.2) is 0 Å². The molecule has 1 aliphatic rings. The van der Waals surface area contributed by atoms with Crippen molar-refractivity contribution in [2.45, 2.75) is 19.4 Å². The zero-order valence-electron chi connectivity index (χ0n) is 17.8. The Morgan fingerprint density at radius 3 is 2.55 bits per heavy atom. The molecule has 0 saturated carbocycles. The van der Waals surface area contributed by atoms with E-state index in [0.29, 0.717) is 25.3 Å². The summed E-state index contributed by atoms with van der Waals surface area (Å²) in [7, 11) is 1.54. The lowest BCUT2D eigenvalue weighted by atomic mass is 9.98. The molecular weight excluding hydrogens is 399 g/mol. The molecular formula is C23H27FN4O3. The molecule has 3 rings (SSSR count). The molecule has 2 aromatic carbocycles. The summed E-state index contributed by atoms with van der Waals surface area (Å²) in [6.45, 7) is 2.75. The van der Waals surface area contributed by atoms with E-state index in [1.807, 2.05) is 37.3 Å². The third kappa shape index (κ3) is 5.67. The fraction of sp³-hybridized carbons (Fsp3) is 0.348. The van der Waals surface area contributed by atoms with Crippen molar-refractivity contribution in [3.8, 4) is 0 Å². The highest BCUT2D eigenvalue weighted by Gasteiger charge is 2.34. The number of hydrogen-bond donors (Lipinski definition) is 1. The maximum absolute atomic E-state index is 13.3. The second kappa shape index (κ2) is 10.7. The summed E-state index contributed by atoms with van der Waals surface area (Å²) in [4.78, 5) is 27.0. The van der Waals surface area contributed by atoms with Crippen LogP contribution >= 0.6 is 0 Å². The molecule has 0 saturated heterocycles. The molecule has 31 heavy (non-hydrogen) atoms. The fourth-order valence-corrected chi connectivity index (χ4v) is 3.44. The van der Waals surface area contributed by atoms with Crippen LogP contribution in [0, 0.1) is 5.82 Å². The van der Waals surface area contributed by atoms with E-state index in [4.69, 9.17) is 4.74 Å². The number of methoxy groups -OCH3 is 1. The van der Waals surface area contributed by atoms with Gasteiger partial charge in [0.2, 0.25) is 0 Å². The highest BCUT2D eigenvalue weighted by Crippen LogP contribution is 2.32. The van der Waals surface area contributed by atoms with E-state index in [1.54, 1.807) is 19.2 Å². The minimum Gasteiger partial charge on any atom is -0.383 e. The van der Waals surface area contributed by atoms with Gasteiger partial charge >= 0.3 is 6.03 Å². The number of carbonyl (C=O) groups excluding carboxylic acids is 2. The molecule has 0 aliphatic carbocycles. The Morgan fingerprint density at radius 2 is 1.90 bits per heavy atom. The fourth-order valence-electron chi connectivity index (χ4n) is 3.44. The molecule has 2 aromatic rings. The van der Waals surface area contributed by atoms with Crippen LogP contribution in [0.2, 0.25) is 0 Å². The van der Waals surface area contributed by atoms with Crippen molar-refractivity contribution in [3.63, 3.8) is 0 Å². The van der Waals surface area contributed by atoms with Crippen LogP contribution in [0.5, 0.6) is 0 Å². The van der Waals surface area contributed by atoms with E-state index < -0.39 is 0 Å². The van der Waals surface area contributed by atoms with Crippen LogP contribution < -0.4 is 5.32 Å². The molecule has 8 heteroatoms. The molecule has 7 nitrogen and oxygen atoms in total. The monoisotopic (exact) mass is 426 g/mol. The van der Waals surface area contributed by atoms with Gasteiger partial charge in [0.1, 0.15) is 12.4 Å². The van der Waals surface area contributed by atoms with Crippen molar-refractivity contribution in [2.24, 2.45) is 5.10 Å². The topological polar surface area (TPSA) is 74.2 Å². The van der Waals surface area contributed by atoms with Crippen molar-refractivity contribution in [1.82, 2.24) is 15.2 Å². The van der Waals surface area contributed by atoms with Gasteiger partial charge in [-0.1, -0.05) is 42.5 Å². The molecule has 0 radical (unpaired) electrons. The van der Waals surface area contributed by atoms with Gasteiger partial charge < -0.3 is 15.0 Å². The predicted molar refractivity (Wildman–Crippen MR) is 116 cm³/mol. The number of benzene rings is 2. The largest absolute Gasteiger partial charge is 0.383 e. The van der Waals surface area contributed by atoms with E-state index >= 15 is 0 Å². The number of nitrogens with zero attached hydrogens (tertiary/aromatic N) is 3. The second-order valence-electron chi connectivity index (χ2n) is 7.17. The Bertz CT molecular complexity index is 918. The Kier molecular flexibility index (Phi) is 7.72. The Hall–Kier alpha value is -3.26. The molecule has 3 amide bonds. The van der Waals surface area contributed by atoms with E-state index in [2.05, 4.69) is 10.4 Å². The zero-order chi connectivity index (χ0) is 22.2. The van der Waals surface area contributed by atoms with Crippen molar-refractivity contribution in [2.75, 3.05) is 33.4 Å². The minimum absolute atomic E-state index is 0.126. The normalized spacial score (nSPS) is 15.5. The van der Waals surface area contributed by atoms with Crippen LogP contribution in [0.15, 0.2) is 59.7 Å². The summed E-state index contributed by atoms with van der Waals surface area (Å²) in [5.41, 5.74) is 2.40. The molecule has 1 heterocycles. The third-order valence-electron chi connectivity index (χ3n) is 5.03. The molecule has 0 fully saturated rings.